The molecule has 0 bridgehead atoms. The Morgan fingerprint density at radius 2 is 1.77 bits per heavy atom. The first-order valence-electron chi connectivity index (χ1n) is 9.00. The number of carbonyl (C=O) groups excluding carboxylic acids is 1. The summed E-state index contributed by atoms with van der Waals surface area (Å²) in [7, 11) is 3.10. The number of carbonyl (C=O) groups is 1. The predicted molar refractivity (Wildman–Crippen MR) is 113 cm³/mol. The van der Waals surface area contributed by atoms with Crippen molar-refractivity contribution in [1.29, 1.82) is 0 Å². The Bertz CT molecular complexity index is 1190. The number of thiazole rings is 1. The van der Waals surface area contributed by atoms with Crippen LogP contribution in [0.2, 0.25) is 0 Å². The van der Waals surface area contributed by atoms with E-state index in [1.165, 1.54) is 11.3 Å². The maximum atomic E-state index is 13.0. The highest BCUT2D eigenvalue weighted by atomic mass is 32.1. The number of hydrogen-bond acceptors (Lipinski definition) is 8. The lowest BCUT2D eigenvalue weighted by Gasteiger charge is -2.09. The number of aryl methyl sites for hydroxylation is 1. The predicted octanol–water partition coefficient (Wildman–Crippen LogP) is 4.44. The number of rotatable bonds is 6. The molecule has 2 aromatic carbocycles. The molecule has 0 saturated carbocycles. The molecule has 0 aliphatic heterocycles. The van der Waals surface area contributed by atoms with Gasteiger partial charge in [0.2, 0.25) is 5.82 Å². The fourth-order valence-corrected chi connectivity index (χ4v) is 3.90. The number of hydrogen-bond donors (Lipinski definition) is 1. The molecule has 0 radical (unpaired) electrons. The van der Waals surface area contributed by atoms with Gasteiger partial charge in [-0.25, -0.2) is 9.61 Å². The van der Waals surface area contributed by atoms with Crippen LogP contribution < -0.4 is 14.8 Å². The molecule has 2 aromatic heterocycles. The van der Waals surface area contributed by atoms with Crippen molar-refractivity contribution in [1.82, 2.24) is 15.3 Å². The normalized spacial score (nSPS) is 10.6. The molecule has 0 saturated heterocycles. The standard InChI is InChI=1S/C21H18N4O4S/c1-12-22-18(19(30-12)13-7-5-4-6-8-13)21(26)23-20-17(24-29-25-20)14-9-10-15(27-2)16(11-14)28-3/h4-11H,1-3H3,(H,23,25,26). The van der Waals surface area contributed by atoms with Crippen molar-refractivity contribution < 1.29 is 18.9 Å². The van der Waals surface area contributed by atoms with Gasteiger partial charge in [-0.05, 0) is 41.0 Å². The zero-order chi connectivity index (χ0) is 21.1. The number of amides is 1. The Labute approximate surface area is 176 Å². The maximum Gasteiger partial charge on any atom is 0.277 e. The van der Waals surface area contributed by atoms with Crippen LogP contribution in [0.5, 0.6) is 11.5 Å². The van der Waals surface area contributed by atoms with Crippen molar-refractivity contribution in [2.24, 2.45) is 0 Å². The highest BCUT2D eigenvalue weighted by molar-refractivity contribution is 7.15. The van der Waals surface area contributed by atoms with Gasteiger partial charge in [0.25, 0.3) is 5.91 Å². The zero-order valence-electron chi connectivity index (χ0n) is 16.5. The highest BCUT2D eigenvalue weighted by Gasteiger charge is 2.22. The molecule has 4 aromatic rings. The van der Waals surface area contributed by atoms with E-state index in [0.29, 0.717) is 28.5 Å². The van der Waals surface area contributed by atoms with Gasteiger partial charge in [0.1, 0.15) is 5.69 Å². The van der Waals surface area contributed by atoms with E-state index in [2.05, 4.69) is 20.6 Å². The molecule has 9 heteroatoms. The van der Waals surface area contributed by atoms with E-state index in [-0.39, 0.29) is 5.82 Å². The Morgan fingerprint density at radius 1 is 1.00 bits per heavy atom. The van der Waals surface area contributed by atoms with Gasteiger partial charge >= 0.3 is 0 Å². The fourth-order valence-electron chi connectivity index (χ4n) is 2.98. The van der Waals surface area contributed by atoms with E-state index >= 15 is 0 Å². The highest BCUT2D eigenvalue weighted by Crippen LogP contribution is 2.35. The SMILES string of the molecule is COc1ccc(-c2nonc2NC(=O)c2nc(C)sc2-c2ccccc2)cc1OC. The summed E-state index contributed by atoms with van der Waals surface area (Å²) in [5.74, 6) is 0.901. The molecule has 0 unspecified atom stereocenters. The summed E-state index contributed by atoms with van der Waals surface area (Å²) in [5, 5.41) is 11.3. The van der Waals surface area contributed by atoms with Crippen molar-refractivity contribution in [3.63, 3.8) is 0 Å². The van der Waals surface area contributed by atoms with Crippen LogP contribution in [0.15, 0.2) is 53.2 Å². The molecule has 2 heterocycles. The van der Waals surface area contributed by atoms with Crippen molar-refractivity contribution >= 4 is 23.1 Å². The van der Waals surface area contributed by atoms with Gasteiger partial charge in [-0.3, -0.25) is 4.79 Å². The van der Waals surface area contributed by atoms with Crippen LogP contribution in [0.3, 0.4) is 0 Å². The first-order chi connectivity index (χ1) is 14.6. The number of ether oxygens (including phenoxy) is 2. The minimum Gasteiger partial charge on any atom is -0.493 e. The molecule has 8 nitrogen and oxygen atoms in total. The smallest absolute Gasteiger partial charge is 0.277 e. The van der Waals surface area contributed by atoms with Crippen LogP contribution >= 0.6 is 11.3 Å². The van der Waals surface area contributed by atoms with Gasteiger partial charge in [-0.1, -0.05) is 30.3 Å². The lowest BCUT2D eigenvalue weighted by atomic mass is 10.1. The maximum absolute atomic E-state index is 13.0. The summed E-state index contributed by atoms with van der Waals surface area (Å²) in [6, 6.07) is 14.9. The second-order valence-corrected chi connectivity index (χ2v) is 7.47. The number of nitrogens with one attached hydrogen (secondary N) is 1. The van der Waals surface area contributed by atoms with E-state index in [1.807, 2.05) is 37.3 Å². The molecule has 4 rings (SSSR count). The molecular formula is C21H18N4O4S. The molecular weight excluding hydrogens is 404 g/mol. The first-order valence-corrected chi connectivity index (χ1v) is 9.81. The largest absolute Gasteiger partial charge is 0.493 e. The summed E-state index contributed by atoms with van der Waals surface area (Å²) in [5.41, 5.74) is 2.27. The molecule has 0 aliphatic rings. The Balaban J connectivity index is 1.65. The number of methoxy groups -OCH3 is 2. The monoisotopic (exact) mass is 422 g/mol. The molecule has 1 amide bonds. The fraction of sp³-hybridized carbons (Fsp3) is 0.143. The molecule has 1 N–H and O–H groups in total. The Hall–Kier alpha value is -3.72. The number of benzene rings is 2. The van der Waals surface area contributed by atoms with Gasteiger partial charge < -0.3 is 14.8 Å². The van der Waals surface area contributed by atoms with E-state index in [1.54, 1.807) is 32.4 Å². The topological polar surface area (TPSA) is 99.4 Å². The van der Waals surface area contributed by atoms with E-state index in [0.717, 1.165) is 15.4 Å². The summed E-state index contributed by atoms with van der Waals surface area (Å²) in [6.07, 6.45) is 0. The van der Waals surface area contributed by atoms with Crippen molar-refractivity contribution in [3.8, 4) is 33.2 Å². The number of anilines is 1. The number of nitrogens with zero attached hydrogens (tertiary/aromatic N) is 3. The van der Waals surface area contributed by atoms with Crippen molar-refractivity contribution in [3.05, 3.63) is 59.2 Å². The third-order valence-electron chi connectivity index (χ3n) is 4.36. The van der Waals surface area contributed by atoms with Crippen LogP contribution in [0, 0.1) is 6.92 Å². The molecule has 0 spiro atoms. The van der Waals surface area contributed by atoms with Crippen molar-refractivity contribution in [2.45, 2.75) is 6.92 Å². The minimum absolute atomic E-state index is 0.192. The van der Waals surface area contributed by atoms with Crippen molar-refractivity contribution in [2.75, 3.05) is 19.5 Å². The average Bonchev–Trinajstić information content (AvgIpc) is 3.40. The summed E-state index contributed by atoms with van der Waals surface area (Å²) >= 11 is 1.46. The summed E-state index contributed by atoms with van der Waals surface area (Å²) in [4.78, 5) is 18.2. The van der Waals surface area contributed by atoms with Gasteiger partial charge in [-0.15, -0.1) is 11.3 Å². The Morgan fingerprint density at radius 3 is 2.50 bits per heavy atom. The average molecular weight is 422 g/mol. The lowest BCUT2D eigenvalue weighted by molar-refractivity contribution is 0.102. The second kappa shape index (κ2) is 8.34. The van der Waals surface area contributed by atoms with Crippen LogP contribution in [0.4, 0.5) is 5.82 Å². The van der Waals surface area contributed by atoms with Crippen LogP contribution in [0.1, 0.15) is 15.5 Å². The van der Waals surface area contributed by atoms with E-state index < -0.39 is 5.91 Å². The van der Waals surface area contributed by atoms with Crippen LogP contribution in [-0.4, -0.2) is 35.4 Å². The summed E-state index contributed by atoms with van der Waals surface area (Å²) in [6.45, 7) is 1.86. The zero-order valence-corrected chi connectivity index (χ0v) is 17.3. The van der Waals surface area contributed by atoms with Gasteiger partial charge in [0, 0.05) is 5.56 Å². The molecule has 152 valence electrons. The second-order valence-electron chi connectivity index (χ2n) is 6.26. The molecule has 0 fully saturated rings. The van der Waals surface area contributed by atoms with Crippen LogP contribution in [0.25, 0.3) is 21.7 Å². The quantitative estimate of drug-likeness (QED) is 0.490. The van der Waals surface area contributed by atoms with Gasteiger partial charge in [-0.2, -0.15) is 0 Å². The third-order valence-corrected chi connectivity index (χ3v) is 5.38. The lowest BCUT2D eigenvalue weighted by Crippen LogP contribution is -2.14. The van der Waals surface area contributed by atoms with Crippen LogP contribution in [-0.2, 0) is 0 Å². The minimum atomic E-state index is -0.393. The summed E-state index contributed by atoms with van der Waals surface area (Å²) < 4.78 is 15.5. The molecule has 0 aliphatic carbocycles. The first kappa shape index (κ1) is 19.6. The van der Waals surface area contributed by atoms with Gasteiger partial charge in [0.15, 0.2) is 17.2 Å². The number of aromatic nitrogens is 3. The molecule has 30 heavy (non-hydrogen) atoms. The van der Waals surface area contributed by atoms with E-state index in [9.17, 15) is 4.79 Å². The van der Waals surface area contributed by atoms with E-state index in [4.69, 9.17) is 14.1 Å². The van der Waals surface area contributed by atoms with Gasteiger partial charge in [0.05, 0.1) is 24.1 Å². The Kier molecular flexibility index (Phi) is 5.44. The molecule has 0 atom stereocenters. The third kappa shape index (κ3) is 3.74.